The van der Waals surface area contributed by atoms with Crippen LogP contribution in [0, 0.1) is 0 Å². The SMILES string of the molecule is Nc1cccc(C(=O)NCCCCN2CCN(c3nsc4ccccc34)CC2)c1. The number of nitrogens with one attached hydrogen (secondary N) is 1. The van der Waals surface area contributed by atoms with Crippen molar-refractivity contribution in [3.63, 3.8) is 0 Å². The number of nitrogen functional groups attached to an aromatic ring is 1. The van der Waals surface area contributed by atoms with Gasteiger partial charge >= 0.3 is 0 Å². The first kappa shape index (κ1) is 19.7. The van der Waals surface area contributed by atoms with Crippen LogP contribution in [0.1, 0.15) is 23.2 Å². The number of piperazine rings is 1. The van der Waals surface area contributed by atoms with Gasteiger partial charge in [0.2, 0.25) is 0 Å². The summed E-state index contributed by atoms with van der Waals surface area (Å²) >= 11 is 1.58. The van der Waals surface area contributed by atoms with E-state index in [2.05, 4.69) is 43.8 Å². The molecule has 0 saturated carbocycles. The highest BCUT2D eigenvalue weighted by atomic mass is 32.1. The van der Waals surface area contributed by atoms with Gasteiger partial charge in [0.25, 0.3) is 5.91 Å². The second-order valence-corrected chi connectivity index (χ2v) is 8.22. The Morgan fingerprint density at radius 3 is 2.72 bits per heavy atom. The molecule has 0 radical (unpaired) electrons. The average Bonchev–Trinajstić information content (AvgIpc) is 3.18. The number of anilines is 2. The molecule has 0 aliphatic carbocycles. The molecule has 1 saturated heterocycles. The van der Waals surface area contributed by atoms with Crippen molar-refractivity contribution < 1.29 is 4.79 Å². The number of aromatic nitrogens is 1. The van der Waals surface area contributed by atoms with Gasteiger partial charge in [-0.15, -0.1) is 0 Å². The van der Waals surface area contributed by atoms with Crippen molar-refractivity contribution in [2.24, 2.45) is 0 Å². The molecule has 0 unspecified atom stereocenters. The number of nitrogens with zero attached hydrogens (tertiary/aromatic N) is 3. The monoisotopic (exact) mass is 409 g/mol. The van der Waals surface area contributed by atoms with Crippen LogP contribution in [0.3, 0.4) is 0 Å². The molecule has 3 aromatic rings. The molecule has 1 fully saturated rings. The number of hydrogen-bond donors (Lipinski definition) is 2. The van der Waals surface area contributed by atoms with Crippen LogP contribution >= 0.6 is 11.5 Å². The van der Waals surface area contributed by atoms with Crippen LogP contribution in [0.4, 0.5) is 11.5 Å². The van der Waals surface area contributed by atoms with E-state index in [9.17, 15) is 4.79 Å². The minimum Gasteiger partial charge on any atom is -0.399 e. The number of fused-ring (bicyclic) bond motifs is 1. The van der Waals surface area contributed by atoms with Gasteiger partial charge in [-0.2, -0.15) is 4.37 Å². The third kappa shape index (κ3) is 4.86. The van der Waals surface area contributed by atoms with Gasteiger partial charge in [0, 0.05) is 49.4 Å². The summed E-state index contributed by atoms with van der Waals surface area (Å²) in [5.41, 5.74) is 6.97. The molecule has 1 aliphatic rings. The quantitative estimate of drug-likeness (QED) is 0.463. The Bertz CT molecular complexity index is 965. The van der Waals surface area contributed by atoms with Gasteiger partial charge in [0.1, 0.15) is 5.82 Å². The fourth-order valence-electron chi connectivity index (χ4n) is 3.73. The highest BCUT2D eigenvalue weighted by molar-refractivity contribution is 7.13. The maximum absolute atomic E-state index is 12.1. The highest BCUT2D eigenvalue weighted by Crippen LogP contribution is 2.29. The lowest BCUT2D eigenvalue weighted by atomic mass is 10.2. The van der Waals surface area contributed by atoms with Crippen LogP contribution in [0.15, 0.2) is 48.5 Å². The molecule has 2 aromatic carbocycles. The molecule has 0 atom stereocenters. The normalized spacial score (nSPS) is 15.0. The predicted octanol–water partition coefficient (Wildman–Crippen LogP) is 3.21. The number of benzene rings is 2. The van der Waals surface area contributed by atoms with E-state index in [4.69, 9.17) is 5.73 Å². The van der Waals surface area contributed by atoms with E-state index in [1.165, 1.54) is 10.1 Å². The molecule has 2 heterocycles. The highest BCUT2D eigenvalue weighted by Gasteiger charge is 2.20. The maximum atomic E-state index is 12.1. The van der Waals surface area contributed by atoms with E-state index in [0.717, 1.165) is 51.4 Å². The van der Waals surface area contributed by atoms with Crippen LogP contribution in [-0.4, -0.2) is 54.4 Å². The fourth-order valence-corrected chi connectivity index (χ4v) is 4.52. The van der Waals surface area contributed by atoms with Crippen molar-refractivity contribution in [3.05, 3.63) is 54.1 Å². The molecular weight excluding hydrogens is 382 g/mol. The van der Waals surface area contributed by atoms with Gasteiger partial charge in [-0.25, -0.2) is 0 Å². The van der Waals surface area contributed by atoms with Crippen molar-refractivity contribution >= 4 is 39.0 Å². The molecule has 1 amide bonds. The van der Waals surface area contributed by atoms with Crippen LogP contribution in [-0.2, 0) is 0 Å². The van der Waals surface area contributed by atoms with Crippen LogP contribution in [0.2, 0.25) is 0 Å². The molecule has 1 aliphatic heterocycles. The maximum Gasteiger partial charge on any atom is 0.251 e. The summed E-state index contributed by atoms with van der Waals surface area (Å²) in [7, 11) is 0. The smallest absolute Gasteiger partial charge is 0.251 e. The van der Waals surface area contributed by atoms with E-state index in [1.54, 1.807) is 35.8 Å². The van der Waals surface area contributed by atoms with Crippen LogP contribution in [0.25, 0.3) is 10.1 Å². The molecule has 7 heteroatoms. The van der Waals surface area contributed by atoms with Gasteiger partial charge in [0.05, 0.1) is 4.70 Å². The number of nitrogens with two attached hydrogens (primary N) is 1. The molecule has 3 N–H and O–H groups in total. The van der Waals surface area contributed by atoms with E-state index in [-0.39, 0.29) is 5.91 Å². The van der Waals surface area contributed by atoms with E-state index in [1.807, 2.05) is 0 Å². The number of amides is 1. The fraction of sp³-hybridized carbons (Fsp3) is 0.364. The van der Waals surface area contributed by atoms with Crippen LogP contribution in [0.5, 0.6) is 0 Å². The zero-order valence-corrected chi connectivity index (χ0v) is 17.3. The summed E-state index contributed by atoms with van der Waals surface area (Å²) in [5.74, 6) is 1.08. The minimum absolute atomic E-state index is 0.0543. The zero-order valence-electron chi connectivity index (χ0n) is 16.5. The van der Waals surface area contributed by atoms with Crippen molar-refractivity contribution in [3.8, 4) is 0 Å². The Labute approximate surface area is 175 Å². The lowest BCUT2D eigenvalue weighted by Crippen LogP contribution is -2.46. The summed E-state index contributed by atoms with van der Waals surface area (Å²) in [6, 6.07) is 15.5. The van der Waals surface area contributed by atoms with E-state index >= 15 is 0 Å². The summed E-state index contributed by atoms with van der Waals surface area (Å²) in [6.07, 6.45) is 2.06. The van der Waals surface area contributed by atoms with Gasteiger partial charge in [0.15, 0.2) is 0 Å². The van der Waals surface area contributed by atoms with Crippen molar-refractivity contribution in [2.75, 3.05) is 49.9 Å². The lowest BCUT2D eigenvalue weighted by Gasteiger charge is -2.35. The summed E-state index contributed by atoms with van der Waals surface area (Å²) in [6.45, 7) is 5.90. The van der Waals surface area contributed by atoms with Crippen molar-refractivity contribution in [2.45, 2.75) is 12.8 Å². The Morgan fingerprint density at radius 2 is 1.90 bits per heavy atom. The van der Waals surface area contributed by atoms with Gasteiger partial charge in [-0.1, -0.05) is 18.2 Å². The summed E-state index contributed by atoms with van der Waals surface area (Å²) in [4.78, 5) is 17.0. The third-order valence-corrected chi connectivity index (χ3v) is 6.18. The Kier molecular flexibility index (Phi) is 6.27. The first-order valence-corrected chi connectivity index (χ1v) is 10.9. The molecule has 0 bridgehead atoms. The topological polar surface area (TPSA) is 74.5 Å². The van der Waals surface area contributed by atoms with Gasteiger partial charge in [-0.3, -0.25) is 9.69 Å². The Balaban J connectivity index is 1.16. The molecule has 6 nitrogen and oxygen atoms in total. The first-order valence-electron chi connectivity index (χ1n) is 10.2. The standard InChI is InChI=1S/C22H27N5OS/c23-18-7-5-6-17(16-18)22(28)24-10-3-4-11-26-12-14-27(15-13-26)21-19-8-1-2-9-20(19)29-25-21/h1-2,5-9,16H,3-4,10-15,23H2,(H,24,28). The zero-order chi connectivity index (χ0) is 20.1. The lowest BCUT2D eigenvalue weighted by molar-refractivity contribution is 0.0952. The number of carbonyl (C=O) groups excluding carboxylic acids is 1. The predicted molar refractivity (Wildman–Crippen MR) is 121 cm³/mol. The second-order valence-electron chi connectivity index (χ2n) is 7.42. The van der Waals surface area contributed by atoms with Gasteiger partial charge in [-0.05, 0) is 61.3 Å². The minimum atomic E-state index is -0.0543. The summed E-state index contributed by atoms with van der Waals surface area (Å²) in [5, 5.41) is 4.24. The molecule has 152 valence electrons. The Morgan fingerprint density at radius 1 is 1.07 bits per heavy atom. The number of carbonyl (C=O) groups is 1. The Hall–Kier alpha value is -2.64. The van der Waals surface area contributed by atoms with E-state index < -0.39 is 0 Å². The molecule has 0 spiro atoms. The molecule has 29 heavy (non-hydrogen) atoms. The first-order chi connectivity index (χ1) is 14.2. The number of hydrogen-bond acceptors (Lipinski definition) is 6. The van der Waals surface area contributed by atoms with E-state index in [0.29, 0.717) is 17.8 Å². The summed E-state index contributed by atoms with van der Waals surface area (Å²) < 4.78 is 5.93. The van der Waals surface area contributed by atoms with Crippen molar-refractivity contribution in [1.82, 2.24) is 14.6 Å². The molecular formula is C22H27N5OS. The number of rotatable bonds is 7. The van der Waals surface area contributed by atoms with Crippen LogP contribution < -0.4 is 16.0 Å². The van der Waals surface area contributed by atoms with Gasteiger partial charge < -0.3 is 16.0 Å². The second kappa shape index (κ2) is 9.24. The molecule has 1 aromatic heterocycles. The third-order valence-electron chi connectivity index (χ3n) is 5.37. The number of unbranched alkanes of at least 4 members (excludes halogenated alkanes) is 1. The molecule has 4 rings (SSSR count). The van der Waals surface area contributed by atoms with Crippen molar-refractivity contribution in [1.29, 1.82) is 0 Å². The average molecular weight is 410 g/mol. The largest absolute Gasteiger partial charge is 0.399 e.